The highest BCUT2D eigenvalue weighted by Gasteiger charge is 2.26. The van der Waals surface area contributed by atoms with E-state index in [-0.39, 0.29) is 11.8 Å². The molecule has 0 aliphatic carbocycles. The molecule has 0 atom stereocenters. The van der Waals surface area contributed by atoms with Gasteiger partial charge in [-0.2, -0.15) is 0 Å². The number of benzene rings is 1. The maximum Gasteiger partial charge on any atom is 0.272 e. The number of pyridine rings is 1. The zero-order chi connectivity index (χ0) is 20.8. The van der Waals surface area contributed by atoms with E-state index in [1.54, 1.807) is 34.4 Å². The zero-order valence-electron chi connectivity index (χ0n) is 16.7. The van der Waals surface area contributed by atoms with E-state index in [9.17, 15) is 9.59 Å². The lowest BCUT2D eigenvalue weighted by Crippen LogP contribution is -2.51. The fourth-order valence-corrected chi connectivity index (χ4v) is 3.53. The number of para-hydroxylation sites is 1. The Morgan fingerprint density at radius 3 is 2.37 bits per heavy atom. The van der Waals surface area contributed by atoms with Crippen molar-refractivity contribution in [2.45, 2.75) is 6.54 Å². The Morgan fingerprint density at radius 1 is 0.933 bits per heavy atom. The third-order valence-corrected chi connectivity index (χ3v) is 5.17. The molecule has 0 saturated carbocycles. The molecule has 0 unspecified atom stereocenters. The van der Waals surface area contributed by atoms with Crippen molar-refractivity contribution in [1.82, 2.24) is 14.8 Å². The van der Waals surface area contributed by atoms with E-state index < -0.39 is 0 Å². The molecule has 0 N–H and O–H groups in total. The van der Waals surface area contributed by atoms with Gasteiger partial charge < -0.3 is 14.2 Å². The number of anilines is 1. The topological polar surface area (TPSA) is 69.9 Å². The van der Waals surface area contributed by atoms with Gasteiger partial charge >= 0.3 is 0 Å². The fraction of sp³-hybridized carbons (Fsp3) is 0.261. The molecular weight excluding hydrogens is 380 g/mol. The number of hydrogen-bond donors (Lipinski definition) is 0. The van der Waals surface area contributed by atoms with Crippen LogP contribution in [-0.2, 0) is 11.3 Å². The van der Waals surface area contributed by atoms with Crippen molar-refractivity contribution < 1.29 is 14.0 Å². The van der Waals surface area contributed by atoms with Gasteiger partial charge in [-0.1, -0.05) is 24.3 Å². The Morgan fingerprint density at radius 2 is 1.70 bits per heavy atom. The summed E-state index contributed by atoms with van der Waals surface area (Å²) < 4.78 is 5.45. The highest BCUT2D eigenvalue weighted by Crippen LogP contribution is 2.18. The SMILES string of the molecule is O=C(c1ccccn1)N1CCN(CC(=O)N(Cc2ccco2)c2ccccc2)CC1. The Bertz CT molecular complexity index is 953. The summed E-state index contributed by atoms with van der Waals surface area (Å²) in [6.45, 7) is 3.12. The molecule has 2 aromatic heterocycles. The van der Waals surface area contributed by atoms with Crippen molar-refractivity contribution in [3.8, 4) is 0 Å². The first-order valence-corrected chi connectivity index (χ1v) is 10.0. The second kappa shape index (κ2) is 9.37. The third-order valence-electron chi connectivity index (χ3n) is 5.17. The number of furan rings is 1. The quantitative estimate of drug-likeness (QED) is 0.632. The van der Waals surface area contributed by atoms with Crippen LogP contribution in [0.15, 0.2) is 77.5 Å². The summed E-state index contributed by atoms with van der Waals surface area (Å²) >= 11 is 0. The van der Waals surface area contributed by atoms with Crippen molar-refractivity contribution in [2.75, 3.05) is 37.6 Å². The summed E-state index contributed by atoms with van der Waals surface area (Å²) in [7, 11) is 0. The summed E-state index contributed by atoms with van der Waals surface area (Å²) in [6.07, 6.45) is 3.24. The Balaban J connectivity index is 1.37. The average Bonchev–Trinajstić information content (AvgIpc) is 3.32. The van der Waals surface area contributed by atoms with Crippen LogP contribution in [0, 0.1) is 0 Å². The summed E-state index contributed by atoms with van der Waals surface area (Å²) in [5, 5.41) is 0. The van der Waals surface area contributed by atoms with E-state index in [0.717, 1.165) is 11.4 Å². The van der Waals surface area contributed by atoms with E-state index >= 15 is 0 Å². The molecule has 0 spiro atoms. The van der Waals surface area contributed by atoms with Crippen LogP contribution < -0.4 is 4.90 Å². The molecule has 3 aromatic rings. The number of rotatable bonds is 6. The normalized spacial score (nSPS) is 14.5. The van der Waals surface area contributed by atoms with Crippen LogP contribution in [0.25, 0.3) is 0 Å². The molecule has 1 saturated heterocycles. The molecule has 1 aromatic carbocycles. The monoisotopic (exact) mass is 404 g/mol. The van der Waals surface area contributed by atoms with Gasteiger partial charge in [0.1, 0.15) is 11.5 Å². The molecule has 1 fully saturated rings. The standard InChI is InChI=1S/C23H24N4O3/c28-22(27(17-20-9-6-16-30-20)19-7-2-1-3-8-19)18-25-12-14-26(15-13-25)23(29)21-10-4-5-11-24-21/h1-11,16H,12-15,17-18H2. The molecule has 2 amide bonds. The predicted octanol–water partition coefficient (Wildman–Crippen LogP) is 2.67. The van der Waals surface area contributed by atoms with Gasteiger partial charge in [0.2, 0.25) is 5.91 Å². The fourth-order valence-electron chi connectivity index (χ4n) is 3.53. The number of carbonyl (C=O) groups is 2. The molecular formula is C23H24N4O3. The van der Waals surface area contributed by atoms with Gasteiger partial charge in [0.15, 0.2) is 0 Å². The van der Waals surface area contributed by atoms with Crippen molar-refractivity contribution in [2.24, 2.45) is 0 Å². The first kappa shape index (κ1) is 19.8. The zero-order valence-corrected chi connectivity index (χ0v) is 16.7. The smallest absolute Gasteiger partial charge is 0.272 e. The van der Waals surface area contributed by atoms with Gasteiger partial charge in [0.05, 0.1) is 19.4 Å². The predicted molar refractivity (Wildman–Crippen MR) is 113 cm³/mol. The van der Waals surface area contributed by atoms with Crippen LogP contribution in [0.4, 0.5) is 5.69 Å². The number of aromatic nitrogens is 1. The number of piperazine rings is 1. The Hall–Kier alpha value is -3.45. The van der Waals surface area contributed by atoms with Gasteiger partial charge in [0.25, 0.3) is 5.91 Å². The number of nitrogens with zero attached hydrogens (tertiary/aromatic N) is 4. The minimum Gasteiger partial charge on any atom is -0.467 e. The van der Waals surface area contributed by atoms with Crippen molar-refractivity contribution >= 4 is 17.5 Å². The molecule has 0 bridgehead atoms. The largest absolute Gasteiger partial charge is 0.467 e. The van der Waals surface area contributed by atoms with Crippen LogP contribution >= 0.6 is 0 Å². The second-order valence-corrected chi connectivity index (χ2v) is 7.18. The van der Waals surface area contributed by atoms with Crippen molar-refractivity contribution in [3.63, 3.8) is 0 Å². The van der Waals surface area contributed by atoms with E-state index in [0.29, 0.717) is 45.0 Å². The molecule has 7 nitrogen and oxygen atoms in total. The molecule has 30 heavy (non-hydrogen) atoms. The summed E-state index contributed by atoms with van der Waals surface area (Å²) in [5.74, 6) is 0.672. The minimum absolute atomic E-state index is 0.00195. The first-order valence-electron chi connectivity index (χ1n) is 10.0. The average molecular weight is 404 g/mol. The van der Waals surface area contributed by atoms with E-state index in [2.05, 4.69) is 9.88 Å². The van der Waals surface area contributed by atoms with Crippen molar-refractivity contribution in [1.29, 1.82) is 0 Å². The van der Waals surface area contributed by atoms with Crippen molar-refractivity contribution in [3.05, 3.63) is 84.6 Å². The molecule has 4 rings (SSSR count). The van der Waals surface area contributed by atoms with Gasteiger partial charge in [-0.05, 0) is 36.4 Å². The molecule has 0 radical (unpaired) electrons. The molecule has 1 aliphatic heterocycles. The Labute approximate surface area is 175 Å². The van der Waals surface area contributed by atoms with Crippen LogP contribution in [-0.4, -0.2) is 59.3 Å². The lowest BCUT2D eigenvalue weighted by Gasteiger charge is -2.35. The molecule has 1 aliphatic rings. The lowest BCUT2D eigenvalue weighted by molar-refractivity contribution is -0.120. The van der Waals surface area contributed by atoms with E-state index in [1.807, 2.05) is 48.5 Å². The Kier molecular flexibility index (Phi) is 6.20. The first-order chi connectivity index (χ1) is 14.7. The molecule has 7 heteroatoms. The van der Waals surface area contributed by atoms with Crippen LogP contribution in [0.2, 0.25) is 0 Å². The second-order valence-electron chi connectivity index (χ2n) is 7.18. The number of carbonyl (C=O) groups excluding carboxylic acids is 2. The van der Waals surface area contributed by atoms with Gasteiger partial charge in [-0.3, -0.25) is 19.5 Å². The van der Waals surface area contributed by atoms with Gasteiger partial charge in [-0.25, -0.2) is 0 Å². The van der Waals surface area contributed by atoms with Crippen LogP contribution in [0.3, 0.4) is 0 Å². The molecule has 3 heterocycles. The number of amides is 2. The van der Waals surface area contributed by atoms with E-state index in [4.69, 9.17) is 4.42 Å². The van der Waals surface area contributed by atoms with Gasteiger partial charge in [-0.15, -0.1) is 0 Å². The maximum atomic E-state index is 13.1. The van der Waals surface area contributed by atoms with Gasteiger partial charge in [0, 0.05) is 38.1 Å². The highest BCUT2D eigenvalue weighted by atomic mass is 16.3. The molecule has 154 valence electrons. The summed E-state index contributed by atoms with van der Waals surface area (Å²) in [6, 6.07) is 18.6. The number of hydrogen-bond acceptors (Lipinski definition) is 5. The highest BCUT2D eigenvalue weighted by molar-refractivity contribution is 5.95. The minimum atomic E-state index is -0.0645. The van der Waals surface area contributed by atoms with E-state index in [1.165, 1.54) is 0 Å². The maximum absolute atomic E-state index is 13.1. The van der Waals surface area contributed by atoms with Crippen LogP contribution in [0.1, 0.15) is 16.2 Å². The third kappa shape index (κ3) is 4.75. The van der Waals surface area contributed by atoms with Crippen LogP contribution in [0.5, 0.6) is 0 Å². The summed E-state index contributed by atoms with van der Waals surface area (Å²) in [5.41, 5.74) is 1.29. The lowest BCUT2D eigenvalue weighted by atomic mass is 10.2. The summed E-state index contributed by atoms with van der Waals surface area (Å²) in [4.78, 5) is 35.4.